The number of anilines is 1. The number of carbonyl (C=O) groups is 1. The van der Waals surface area contributed by atoms with Gasteiger partial charge in [0.1, 0.15) is 6.10 Å². The molecule has 1 unspecified atom stereocenters. The molecule has 0 spiro atoms. The molecule has 1 N–H and O–H groups in total. The largest absolute Gasteiger partial charge is 0.444 e. The van der Waals surface area contributed by atoms with Gasteiger partial charge in [0, 0.05) is 16.6 Å². The predicted molar refractivity (Wildman–Crippen MR) is 74.7 cm³/mol. The number of amides is 1. The van der Waals surface area contributed by atoms with Crippen LogP contribution < -0.4 is 10.2 Å². The molecule has 2 saturated heterocycles. The van der Waals surface area contributed by atoms with E-state index in [-0.39, 0.29) is 12.2 Å². The van der Waals surface area contributed by atoms with Gasteiger partial charge in [0.05, 0.1) is 6.54 Å². The number of halogens is 1. The monoisotopic (exact) mass is 280 g/mol. The van der Waals surface area contributed by atoms with Crippen LogP contribution in [0, 0.1) is 5.92 Å². The van der Waals surface area contributed by atoms with Gasteiger partial charge < -0.3 is 10.1 Å². The zero-order valence-corrected chi connectivity index (χ0v) is 11.4. The summed E-state index contributed by atoms with van der Waals surface area (Å²) in [6.45, 7) is 2.65. The number of nitrogens with one attached hydrogen (secondary N) is 1. The molecule has 1 aromatic carbocycles. The molecule has 3 rings (SSSR count). The van der Waals surface area contributed by atoms with E-state index in [0.717, 1.165) is 31.6 Å². The molecular formula is C14H17ClN2O2. The second-order valence-corrected chi connectivity index (χ2v) is 5.54. The van der Waals surface area contributed by atoms with Gasteiger partial charge in [-0.2, -0.15) is 0 Å². The first-order valence-electron chi connectivity index (χ1n) is 6.68. The van der Waals surface area contributed by atoms with Crippen molar-refractivity contribution < 1.29 is 9.53 Å². The number of benzene rings is 1. The number of rotatable bonds is 2. The lowest BCUT2D eigenvalue weighted by Gasteiger charge is -2.26. The minimum atomic E-state index is -0.259. The molecule has 0 aliphatic carbocycles. The van der Waals surface area contributed by atoms with Crippen molar-refractivity contribution in [2.24, 2.45) is 5.92 Å². The fourth-order valence-electron chi connectivity index (χ4n) is 2.80. The lowest BCUT2D eigenvalue weighted by molar-refractivity contribution is 0.0919. The molecule has 102 valence electrons. The predicted octanol–water partition coefficient (Wildman–Crippen LogP) is 2.66. The summed E-state index contributed by atoms with van der Waals surface area (Å²) in [6, 6.07) is 7.34. The fourth-order valence-corrected chi connectivity index (χ4v) is 2.99. The van der Waals surface area contributed by atoms with E-state index in [1.807, 2.05) is 12.1 Å². The summed E-state index contributed by atoms with van der Waals surface area (Å²) in [6.07, 6.45) is 1.89. The average Bonchev–Trinajstić information content (AvgIpc) is 2.82. The van der Waals surface area contributed by atoms with E-state index in [4.69, 9.17) is 16.3 Å². The van der Waals surface area contributed by atoms with E-state index < -0.39 is 0 Å². The molecule has 2 fully saturated rings. The first-order chi connectivity index (χ1) is 9.24. The van der Waals surface area contributed by atoms with E-state index in [1.54, 1.807) is 17.0 Å². The van der Waals surface area contributed by atoms with E-state index in [0.29, 0.717) is 17.5 Å². The first kappa shape index (κ1) is 12.8. The zero-order valence-electron chi connectivity index (χ0n) is 10.6. The van der Waals surface area contributed by atoms with Crippen molar-refractivity contribution in [3.05, 3.63) is 29.3 Å². The van der Waals surface area contributed by atoms with Crippen molar-refractivity contribution in [1.82, 2.24) is 5.32 Å². The highest BCUT2D eigenvalue weighted by Gasteiger charge is 2.37. The fraction of sp³-hybridized carbons (Fsp3) is 0.500. The van der Waals surface area contributed by atoms with Gasteiger partial charge in [0.2, 0.25) is 0 Å². The average molecular weight is 281 g/mol. The topological polar surface area (TPSA) is 41.6 Å². The second kappa shape index (κ2) is 5.39. The third-order valence-corrected chi connectivity index (χ3v) is 4.10. The SMILES string of the molecule is O=C1OC(C2CCNCC2)CN1c1cccc(Cl)c1. The molecule has 0 saturated carbocycles. The Bertz CT molecular complexity index is 474. The lowest BCUT2D eigenvalue weighted by atomic mass is 9.92. The van der Waals surface area contributed by atoms with Crippen molar-refractivity contribution in [2.75, 3.05) is 24.5 Å². The molecule has 1 aromatic rings. The van der Waals surface area contributed by atoms with Gasteiger partial charge in [-0.05, 0) is 44.1 Å². The number of hydrogen-bond acceptors (Lipinski definition) is 3. The van der Waals surface area contributed by atoms with Crippen LogP contribution in [-0.4, -0.2) is 31.8 Å². The molecular weight excluding hydrogens is 264 g/mol. The van der Waals surface area contributed by atoms with Crippen molar-refractivity contribution >= 4 is 23.4 Å². The molecule has 1 amide bonds. The molecule has 0 radical (unpaired) electrons. The van der Waals surface area contributed by atoms with Gasteiger partial charge in [0.25, 0.3) is 0 Å². The van der Waals surface area contributed by atoms with E-state index in [1.165, 1.54) is 0 Å². The van der Waals surface area contributed by atoms with Crippen LogP contribution in [0.3, 0.4) is 0 Å². The summed E-state index contributed by atoms with van der Waals surface area (Å²) >= 11 is 5.97. The van der Waals surface area contributed by atoms with Crippen LogP contribution in [0.2, 0.25) is 5.02 Å². The Morgan fingerprint density at radius 3 is 2.84 bits per heavy atom. The quantitative estimate of drug-likeness (QED) is 0.906. The van der Waals surface area contributed by atoms with Crippen molar-refractivity contribution in [1.29, 1.82) is 0 Å². The molecule has 2 heterocycles. The maximum atomic E-state index is 12.0. The molecule has 4 nitrogen and oxygen atoms in total. The van der Waals surface area contributed by atoms with Gasteiger partial charge in [-0.3, -0.25) is 4.90 Å². The van der Waals surface area contributed by atoms with E-state index >= 15 is 0 Å². The Morgan fingerprint density at radius 2 is 2.11 bits per heavy atom. The third-order valence-electron chi connectivity index (χ3n) is 3.86. The highest BCUT2D eigenvalue weighted by Crippen LogP contribution is 2.29. The summed E-state index contributed by atoms with van der Waals surface area (Å²) in [5, 5.41) is 3.96. The Morgan fingerprint density at radius 1 is 1.32 bits per heavy atom. The highest BCUT2D eigenvalue weighted by atomic mass is 35.5. The number of ether oxygens (including phenoxy) is 1. The Balaban J connectivity index is 1.72. The maximum Gasteiger partial charge on any atom is 0.414 e. The number of nitrogens with zero attached hydrogens (tertiary/aromatic N) is 1. The van der Waals surface area contributed by atoms with Gasteiger partial charge in [-0.1, -0.05) is 17.7 Å². The lowest BCUT2D eigenvalue weighted by Crippen LogP contribution is -2.36. The van der Waals surface area contributed by atoms with Crippen molar-refractivity contribution in [2.45, 2.75) is 18.9 Å². The first-order valence-corrected chi connectivity index (χ1v) is 7.06. The van der Waals surface area contributed by atoms with Crippen molar-refractivity contribution in [3.8, 4) is 0 Å². The third kappa shape index (κ3) is 2.69. The normalized spacial score (nSPS) is 24.6. The van der Waals surface area contributed by atoms with Crippen LogP contribution in [0.15, 0.2) is 24.3 Å². The summed E-state index contributed by atoms with van der Waals surface area (Å²) in [5.74, 6) is 0.467. The van der Waals surface area contributed by atoms with Crippen LogP contribution >= 0.6 is 11.6 Å². The Kier molecular flexibility index (Phi) is 3.62. The summed E-state index contributed by atoms with van der Waals surface area (Å²) in [7, 11) is 0. The van der Waals surface area contributed by atoms with Crippen LogP contribution in [-0.2, 0) is 4.74 Å². The minimum absolute atomic E-state index is 0.00795. The Labute approximate surface area is 117 Å². The number of carbonyl (C=O) groups excluding carboxylic acids is 1. The summed E-state index contributed by atoms with van der Waals surface area (Å²) < 4.78 is 5.52. The molecule has 2 aliphatic rings. The number of cyclic esters (lactones) is 1. The van der Waals surface area contributed by atoms with Crippen LogP contribution in [0.25, 0.3) is 0 Å². The van der Waals surface area contributed by atoms with Gasteiger partial charge in [-0.15, -0.1) is 0 Å². The van der Waals surface area contributed by atoms with Crippen LogP contribution in [0.4, 0.5) is 10.5 Å². The standard InChI is InChI=1S/C14H17ClN2O2/c15-11-2-1-3-12(8-11)17-9-13(19-14(17)18)10-4-6-16-7-5-10/h1-3,8,10,13,16H,4-7,9H2. The molecule has 5 heteroatoms. The smallest absolute Gasteiger partial charge is 0.414 e. The maximum absolute atomic E-state index is 12.0. The zero-order chi connectivity index (χ0) is 13.2. The summed E-state index contributed by atoms with van der Waals surface area (Å²) in [4.78, 5) is 13.7. The highest BCUT2D eigenvalue weighted by molar-refractivity contribution is 6.30. The minimum Gasteiger partial charge on any atom is -0.444 e. The van der Waals surface area contributed by atoms with Crippen LogP contribution in [0.5, 0.6) is 0 Å². The number of hydrogen-bond donors (Lipinski definition) is 1. The summed E-state index contributed by atoms with van der Waals surface area (Å²) in [5.41, 5.74) is 0.814. The van der Waals surface area contributed by atoms with E-state index in [2.05, 4.69) is 5.32 Å². The van der Waals surface area contributed by atoms with Gasteiger partial charge in [0.15, 0.2) is 0 Å². The van der Waals surface area contributed by atoms with Crippen LogP contribution in [0.1, 0.15) is 12.8 Å². The molecule has 19 heavy (non-hydrogen) atoms. The van der Waals surface area contributed by atoms with Gasteiger partial charge in [-0.25, -0.2) is 4.79 Å². The molecule has 0 bridgehead atoms. The van der Waals surface area contributed by atoms with Crippen molar-refractivity contribution in [3.63, 3.8) is 0 Å². The second-order valence-electron chi connectivity index (χ2n) is 5.10. The number of piperidine rings is 1. The molecule has 0 aromatic heterocycles. The Hall–Kier alpha value is -1.26. The van der Waals surface area contributed by atoms with E-state index in [9.17, 15) is 4.79 Å². The van der Waals surface area contributed by atoms with Gasteiger partial charge >= 0.3 is 6.09 Å². The molecule has 2 aliphatic heterocycles. The molecule has 1 atom stereocenters.